The molecular formula is C20H34N4O3S. The van der Waals surface area contributed by atoms with E-state index in [1.54, 1.807) is 7.05 Å². The molecule has 0 saturated heterocycles. The van der Waals surface area contributed by atoms with E-state index in [1.807, 2.05) is 24.3 Å². The van der Waals surface area contributed by atoms with Crippen molar-refractivity contribution in [3.05, 3.63) is 35.4 Å². The minimum atomic E-state index is -3.27. The van der Waals surface area contributed by atoms with Crippen molar-refractivity contribution in [1.29, 1.82) is 0 Å². The molecule has 0 aromatic heterocycles. The minimum Gasteiger partial charge on any atom is -0.376 e. The summed E-state index contributed by atoms with van der Waals surface area (Å²) in [7, 11) is -0.112. The SMILES string of the molecule is CN=C(NCCOC1CCCCCC1)NCc1cccc(CS(=O)(=O)NC)c1. The average Bonchev–Trinajstić information content (AvgIpc) is 2.96. The van der Waals surface area contributed by atoms with Crippen LogP contribution in [0.15, 0.2) is 29.3 Å². The van der Waals surface area contributed by atoms with Crippen LogP contribution in [0.25, 0.3) is 0 Å². The molecule has 158 valence electrons. The van der Waals surface area contributed by atoms with Crippen LogP contribution in [0.2, 0.25) is 0 Å². The number of sulfonamides is 1. The number of nitrogens with zero attached hydrogens (tertiary/aromatic N) is 1. The molecule has 8 heteroatoms. The molecule has 0 heterocycles. The Morgan fingerprint density at radius 2 is 1.86 bits per heavy atom. The van der Waals surface area contributed by atoms with Crippen molar-refractivity contribution < 1.29 is 13.2 Å². The second kappa shape index (κ2) is 12.0. The lowest BCUT2D eigenvalue weighted by Crippen LogP contribution is -2.39. The number of nitrogens with one attached hydrogen (secondary N) is 3. The van der Waals surface area contributed by atoms with Gasteiger partial charge in [-0.15, -0.1) is 0 Å². The van der Waals surface area contributed by atoms with Crippen molar-refractivity contribution in [3.8, 4) is 0 Å². The zero-order chi connectivity index (χ0) is 20.2. The first-order valence-corrected chi connectivity index (χ1v) is 11.7. The summed E-state index contributed by atoms with van der Waals surface area (Å²) in [5.74, 6) is 0.681. The van der Waals surface area contributed by atoms with Gasteiger partial charge in [-0.1, -0.05) is 49.9 Å². The highest BCUT2D eigenvalue weighted by molar-refractivity contribution is 7.88. The molecule has 1 saturated carbocycles. The first kappa shape index (κ1) is 22.6. The quantitative estimate of drug-likeness (QED) is 0.251. The second-order valence-corrected chi connectivity index (χ2v) is 9.05. The van der Waals surface area contributed by atoms with Crippen LogP contribution in [0.3, 0.4) is 0 Å². The highest BCUT2D eigenvalue weighted by atomic mass is 32.2. The van der Waals surface area contributed by atoms with Crippen molar-refractivity contribution in [1.82, 2.24) is 15.4 Å². The van der Waals surface area contributed by atoms with Gasteiger partial charge >= 0.3 is 0 Å². The fourth-order valence-electron chi connectivity index (χ4n) is 3.33. The van der Waals surface area contributed by atoms with Gasteiger partial charge in [0.2, 0.25) is 10.0 Å². The maximum atomic E-state index is 11.7. The van der Waals surface area contributed by atoms with Crippen LogP contribution in [0, 0.1) is 0 Å². The maximum absolute atomic E-state index is 11.7. The number of benzene rings is 1. The first-order valence-electron chi connectivity index (χ1n) is 10.1. The molecule has 1 fully saturated rings. The van der Waals surface area contributed by atoms with Crippen molar-refractivity contribution in [2.24, 2.45) is 4.99 Å². The molecular weight excluding hydrogens is 376 g/mol. The summed E-state index contributed by atoms with van der Waals surface area (Å²) in [6, 6.07) is 7.54. The van der Waals surface area contributed by atoms with E-state index in [0.717, 1.165) is 11.1 Å². The standard InChI is InChI=1S/C20H34N4O3S/c1-21-20(23-12-13-27-19-10-5-3-4-6-11-19)24-15-17-8-7-9-18(14-17)16-28(25,26)22-2/h7-9,14,19,22H,3-6,10-13,15-16H2,1-2H3,(H2,21,23,24). The van der Waals surface area contributed by atoms with Gasteiger partial charge in [0.1, 0.15) is 0 Å². The third kappa shape index (κ3) is 8.58. The van der Waals surface area contributed by atoms with E-state index in [-0.39, 0.29) is 5.75 Å². The molecule has 1 aliphatic rings. The molecule has 2 rings (SSSR count). The number of guanidine groups is 1. The number of hydrogen-bond donors (Lipinski definition) is 3. The summed E-state index contributed by atoms with van der Waals surface area (Å²) in [4.78, 5) is 4.23. The Morgan fingerprint density at radius 1 is 1.14 bits per heavy atom. The maximum Gasteiger partial charge on any atom is 0.215 e. The zero-order valence-electron chi connectivity index (χ0n) is 17.0. The van der Waals surface area contributed by atoms with Gasteiger partial charge in [0.25, 0.3) is 0 Å². The van der Waals surface area contributed by atoms with Crippen molar-refractivity contribution in [3.63, 3.8) is 0 Å². The van der Waals surface area contributed by atoms with E-state index in [4.69, 9.17) is 4.74 Å². The van der Waals surface area contributed by atoms with Crippen LogP contribution in [0.5, 0.6) is 0 Å². The number of hydrogen-bond acceptors (Lipinski definition) is 4. The fourth-order valence-corrected chi connectivity index (χ4v) is 4.09. The largest absolute Gasteiger partial charge is 0.376 e. The van der Waals surface area contributed by atoms with E-state index < -0.39 is 10.0 Å². The third-order valence-electron chi connectivity index (χ3n) is 4.89. The van der Waals surface area contributed by atoms with Crippen LogP contribution in [0.4, 0.5) is 0 Å². The van der Waals surface area contributed by atoms with Crippen molar-refractivity contribution in [2.75, 3.05) is 27.2 Å². The van der Waals surface area contributed by atoms with Gasteiger partial charge in [0.15, 0.2) is 5.96 Å². The van der Waals surface area contributed by atoms with Crippen molar-refractivity contribution in [2.45, 2.75) is 56.9 Å². The van der Waals surface area contributed by atoms with E-state index in [2.05, 4.69) is 20.3 Å². The lowest BCUT2D eigenvalue weighted by Gasteiger charge is -2.17. The molecule has 7 nitrogen and oxygen atoms in total. The number of aliphatic imine (C=N–C) groups is 1. The summed E-state index contributed by atoms with van der Waals surface area (Å²) in [5, 5.41) is 6.52. The smallest absolute Gasteiger partial charge is 0.215 e. The van der Waals surface area contributed by atoms with E-state index >= 15 is 0 Å². The fraction of sp³-hybridized carbons (Fsp3) is 0.650. The molecule has 3 N–H and O–H groups in total. The summed E-state index contributed by atoms with van der Waals surface area (Å²) >= 11 is 0. The predicted octanol–water partition coefficient (Wildman–Crippen LogP) is 2.14. The number of rotatable bonds is 9. The molecule has 0 aliphatic heterocycles. The topological polar surface area (TPSA) is 91.8 Å². The first-order chi connectivity index (χ1) is 13.5. The molecule has 0 amide bonds. The molecule has 0 atom stereocenters. The highest BCUT2D eigenvalue weighted by Gasteiger charge is 2.12. The third-order valence-corrected chi connectivity index (χ3v) is 6.23. The second-order valence-electron chi connectivity index (χ2n) is 7.12. The Hall–Kier alpha value is -1.64. The Kier molecular flexibility index (Phi) is 9.73. The van der Waals surface area contributed by atoms with Crippen LogP contribution in [-0.4, -0.2) is 47.7 Å². The van der Waals surface area contributed by atoms with Gasteiger partial charge in [-0.05, 0) is 31.0 Å². The average molecular weight is 411 g/mol. The van der Waals surface area contributed by atoms with Gasteiger partial charge in [0.05, 0.1) is 18.5 Å². The van der Waals surface area contributed by atoms with Gasteiger partial charge in [0, 0.05) is 20.1 Å². The molecule has 0 spiro atoms. The Morgan fingerprint density at radius 3 is 2.54 bits per heavy atom. The molecule has 1 aliphatic carbocycles. The van der Waals surface area contributed by atoms with Gasteiger partial charge in [-0.25, -0.2) is 13.1 Å². The van der Waals surface area contributed by atoms with Crippen LogP contribution in [0.1, 0.15) is 49.7 Å². The summed E-state index contributed by atoms with van der Waals surface area (Å²) in [6.07, 6.45) is 7.95. The Balaban J connectivity index is 1.73. The summed E-state index contributed by atoms with van der Waals surface area (Å²) in [5.41, 5.74) is 1.76. The molecule has 1 aromatic rings. The predicted molar refractivity (Wildman–Crippen MR) is 114 cm³/mol. The summed E-state index contributed by atoms with van der Waals surface area (Å²) < 4.78 is 31.7. The molecule has 0 unspecified atom stereocenters. The Bertz CT molecular complexity index is 714. The number of ether oxygens (including phenoxy) is 1. The summed E-state index contributed by atoms with van der Waals surface area (Å²) in [6.45, 7) is 1.94. The Labute approximate surface area is 169 Å². The van der Waals surface area contributed by atoms with E-state index in [9.17, 15) is 8.42 Å². The molecule has 1 aromatic carbocycles. The highest BCUT2D eigenvalue weighted by Crippen LogP contribution is 2.19. The molecule has 28 heavy (non-hydrogen) atoms. The zero-order valence-corrected chi connectivity index (χ0v) is 17.9. The normalized spacial score (nSPS) is 16.6. The lowest BCUT2D eigenvalue weighted by molar-refractivity contribution is 0.0468. The minimum absolute atomic E-state index is 0.0250. The van der Waals surface area contributed by atoms with Crippen LogP contribution >= 0.6 is 0 Å². The van der Waals surface area contributed by atoms with Crippen molar-refractivity contribution >= 4 is 16.0 Å². The van der Waals surface area contributed by atoms with Gasteiger partial charge in [-0.3, -0.25) is 4.99 Å². The van der Waals surface area contributed by atoms with Crippen LogP contribution in [-0.2, 0) is 27.1 Å². The van der Waals surface area contributed by atoms with Gasteiger partial charge in [-0.2, -0.15) is 0 Å². The van der Waals surface area contributed by atoms with E-state index in [0.29, 0.717) is 31.8 Å². The molecule has 0 bridgehead atoms. The lowest BCUT2D eigenvalue weighted by atomic mass is 10.1. The van der Waals surface area contributed by atoms with E-state index in [1.165, 1.54) is 45.6 Å². The van der Waals surface area contributed by atoms with Crippen LogP contribution < -0.4 is 15.4 Å². The monoisotopic (exact) mass is 410 g/mol. The van der Waals surface area contributed by atoms with Gasteiger partial charge < -0.3 is 15.4 Å². The molecule has 0 radical (unpaired) electrons.